The average Bonchev–Trinajstić information content (AvgIpc) is 2.81. The third-order valence-corrected chi connectivity index (χ3v) is 7.51. The monoisotopic (exact) mass is 486 g/mol. The molecule has 0 bridgehead atoms. The standard InChI is InChI=1S/C30H34F4O/c1-4-35-30-27(33)16-24(17-28(30)34)29-25(31)14-23(15-26(29)32)21-10-8-20(9-11-21)13-19(3)22-7-5-6-18(2)12-22/h5,7,12,14-21H,4,6,8-11,13H2,1-3H3/t18?,19-,20?,21?/m1/s1. The molecule has 0 N–H and O–H groups in total. The Balaban J connectivity index is 1.44. The molecule has 0 aliphatic heterocycles. The molecule has 1 nitrogen and oxygen atoms in total. The van der Waals surface area contributed by atoms with Crippen LogP contribution in [0.3, 0.4) is 0 Å². The maximum Gasteiger partial charge on any atom is 0.190 e. The van der Waals surface area contributed by atoms with Crippen molar-refractivity contribution in [3.63, 3.8) is 0 Å². The number of hydrogen-bond donors (Lipinski definition) is 0. The van der Waals surface area contributed by atoms with E-state index >= 15 is 8.78 Å². The molecule has 0 spiro atoms. The summed E-state index contributed by atoms with van der Waals surface area (Å²) < 4.78 is 63.5. The lowest BCUT2D eigenvalue weighted by Crippen LogP contribution is -2.17. The molecule has 2 aromatic carbocycles. The molecular weight excluding hydrogens is 452 g/mol. The first-order chi connectivity index (χ1) is 16.8. The van der Waals surface area contributed by atoms with Gasteiger partial charge in [0.05, 0.1) is 12.2 Å². The number of hydrogen-bond acceptors (Lipinski definition) is 1. The zero-order valence-corrected chi connectivity index (χ0v) is 20.7. The molecule has 1 saturated carbocycles. The van der Waals surface area contributed by atoms with Crippen LogP contribution < -0.4 is 4.74 Å². The highest BCUT2D eigenvalue weighted by atomic mass is 19.1. The van der Waals surface area contributed by atoms with Crippen LogP contribution in [0.25, 0.3) is 11.1 Å². The van der Waals surface area contributed by atoms with Crippen LogP contribution in [0.1, 0.15) is 70.8 Å². The lowest BCUT2D eigenvalue weighted by atomic mass is 9.74. The van der Waals surface area contributed by atoms with Gasteiger partial charge in [0.2, 0.25) is 0 Å². The molecule has 0 saturated heterocycles. The van der Waals surface area contributed by atoms with E-state index in [1.54, 1.807) is 6.92 Å². The van der Waals surface area contributed by atoms with Gasteiger partial charge in [-0.3, -0.25) is 0 Å². The Morgan fingerprint density at radius 3 is 2.11 bits per heavy atom. The second kappa shape index (κ2) is 11.0. The number of ether oxygens (including phenoxy) is 1. The fourth-order valence-corrected chi connectivity index (χ4v) is 5.66. The molecular formula is C30H34F4O. The van der Waals surface area contributed by atoms with Crippen molar-refractivity contribution in [3.05, 3.63) is 76.9 Å². The van der Waals surface area contributed by atoms with Gasteiger partial charge in [0.1, 0.15) is 11.6 Å². The van der Waals surface area contributed by atoms with E-state index in [9.17, 15) is 8.78 Å². The van der Waals surface area contributed by atoms with E-state index in [4.69, 9.17) is 4.74 Å². The largest absolute Gasteiger partial charge is 0.488 e. The minimum absolute atomic E-state index is 0.0832. The van der Waals surface area contributed by atoms with E-state index in [1.807, 2.05) is 0 Å². The summed E-state index contributed by atoms with van der Waals surface area (Å²) in [6.07, 6.45) is 13.0. The Bertz CT molecular complexity index is 1070. The van der Waals surface area contributed by atoms with Crippen molar-refractivity contribution in [1.29, 1.82) is 0 Å². The zero-order chi connectivity index (χ0) is 25.1. The van der Waals surface area contributed by atoms with Crippen molar-refractivity contribution in [2.75, 3.05) is 6.61 Å². The molecule has 4 rings (SSSR count). The van der Waals surface area contributed by atoms with E-state index in [1.165, 1.54) is 17.7 Å². The molecule has 2 atom stereocenters. The van der Waals surface area contributed by atoms with Gasteiger partial charge in [-0.05, 0) is 110 Å². The minimum atomic E-state index is -0.980. The first-order valence-corrected chi connectivity index (χ1v) is 12.8. The SMILES string of the molecule is CCOc1c(F)cc(-c2c(F)cc(C3CCC(C[C@@H](C)C4=CC(C)CC=C4)CC3)cc2F)cc1F. The van der Waals surface area contributed by atoms with Crippen LogP contribution in [0.5, 0.6) is 5.75 Å². The molecule has 0 amide bonds. The Morgan fingerprint density at radius 1 is 0.914 bits per heavy atom. The second-order valence-electron chi connectivity index (χ2n) is 10.2. The third-order valence-electron chi connectivity index (χ3n) is 7.51. The van der Waals surface area contributed by atoms with Gasteiger partial charge in [-0.2, -0.15) is 0 Å². The van der Waals surface area contributed by atoms with Crippen molar-refractivity contribution >= 4 is 0 Å². The van der Waals surface area contributed by atoms with Crippen LogP contribution in [-0.4, -0.2) is 6.61 Å². The Labute approximate surface area is 205 Å². The van der Waals surface area contributed by atoms with Crippen molar-refractivity contribution in [1.82, 2.24) is 0 Å². The molecule has 35 heavy (non-hydrogen) atoms. The first kappa shape index (κ1) is 25.5. The smallest absolute Gasteiger partial charge is 0.190 e. The van der Waals surface area contributed by atoms with Gasteiger partial charge in [0, 0.05) is 0 Å². The van der Waals surface area contributed by atoms with Crippen molar-refractivity contribution < 1.29 is 22.3 Å². The summed E-state index contributed by atoms with van der Waals surface area (Å²) in [5, 5.41) is 0. The van der Waals surface area contributed by atoms with Crippen LogP contribution in [-0.2, 0) is 0 Å². The second-order valence-corrected chi connectivity index (χ2v) is 10.2. The van der Waals surface area contributed by atoms with Gasteiger partial charge in [-0.1, -0.05) is 32.1 Å². The number of halogens is 4. The molecule has 1 unspecified atom stereocenters. The molecule has 2 aliphatic rings. The van der Waals surface area contributed by atoms with Crippen molar-refractivity contribution in [2.45, 2.75) is 65.2 Å². The van der Waals surface area contributed by atoms with Crippen LogP contribution in [0.4, 0.5) is 17.6 Å². The van der Waals surface area contributed by atoms with Gasteiger partial charge in [-0.15, -0.1) is 0 Å². The maximum atomic E-state index is 15.0. The third kappa shape index (κ3) is 5.82. The van der Waals surface area contributed by atoms with Crippen LogP contribution >= 0.6 is 0 Å². The Morgan fingerprint density at radius 2 is 1.54 bits per heavy atom. The van der Waals surface area contributed by atoms with E-state index < -0.39 is 34.6 Å². The number of allylic oxidation sites excluding steroid dienone is 4. The fourth-order valence-electron chi connectivity index (χ4n) is 5.66. The van der Waals surface area contributed by atoms with E-state index in [0.29, 0.717) is 23.3 Å². The highest BCUT2D eigenvalue weighted by molar-refractivity contribution is 5.66. The predicted molar refractivity (Wildman–Crippen MR) is 132 cm³/mol. The topological polar surface area (TPSA) is 9.23 Å². The molecule has 0 aromatic heterocycles. The number of rotatable bonds is 7. The summed E-state index contributed by atoms with van der Waals surface area (Å²) in [6.45, 7) is 6.22. The quantitative estimate of drug-likeness (QED) is 0.355. The molecule has 188 valence electrons. The Kier molecular flexibility index (Phi) is 8.03. The number of benzene rings is 2. The zero-order valence-electron chi connectivity index (χ0n) is 20.7. The predicted octanol–water partition coefficient (Wildman–Crippen LogP) is 9.13. The van der Waals surface area contributed by atoms with Crippen molar-refractivity contribution in [2.24, 2.45) is 17.8 Å². The molecule has 1 fully saturated rings. The summed E-state index contributed by atoms with van der Waals surface area (Å²) in [5.74, 6) is -2.30. The summed E-state index contributed by atoms with van der Waals surface area (Å²) in [4.78, 5) is 0. The minimum Gasteiger partial charge on any atom is -0.488 e. The molecule has 0 heterocycles. The molecule has 2 aliphatic carbocycles. The first-order valence-electron chi connectivity index (χ1n) is 12.8. The van der Waals surface area contributed by atoms with E-state index in [-0.39, 0.29) is 18.1 Å². The lowest BCUT2D eigenvalue weighted by molar-refractivity contribution is 0.287. The van der Waals surface area contributed by atoms with Gasteiger partial charge in [0.25, 0.3) is 0 Å². The van der Waals surface area contributed by atoms with Crippen LogP contribution in [0.15, 0.2) is 48.1 Å². The lowest BCUT2D eigenvalue weighted by Gasteiger charge is -2.31. The average molecular weight is 487 g/mol. The van der Waals surface area contributed by atoms with Gasteiger partial charge in [-0.25, -0.2) is 17.6 Å². The summed E-state index contributed by atoms with van der Waals surface area (Å²) >= 11 is 0. The summed E-state index contributed by atoms with van der Waals surface area (Å²) in [5.41, 5.74) is 1.45. The van der Waals surface area contributed by atoms with E-state index in [2.05, 4.69) is 32.1 Å². The maximum absolute atomic E-state index is 15.0. The van der Waals surface area contributed by atoms with Gasteiger partial charge < -0.3 is 4.74 Å². The highest BCUT2D eigenvalue weighted by Gasteiger charge is 2.27. The summed E-state index contributed by atoms with van der Waals surface area (Å²) in [7, 11) is 0. The van der Waals surface area contributed by atoms with Gasteiger partial charge >= 0.3 is 0 Å². The molecule has 5 heteroatoms. The highest BCUT2D eigenvalue weighted by Crippen LogP contribution is 2.41. The molecule has 0 radical (unpaired) electrons. The fraction of sp³-hybridized carbons (Fsp3) is 0.467. The van der Waals surface area contributed by atoms with E-state index in [0.717, 1.165) is 50.7 Å². The molecule has 2 aromatic rings. The van der Waals surface area contributed by atoms with Gasteiger partial charge in [0.15, 0.2) is 17.4 Å². The normalized spacial score (nSPS) is 23.2. The summed E-state index contributed by atoms with van der Waals surface area (Å²) in [6, 6.07) is 4.49. The van der Waals surface area contributed by atoms with Crippen molar-refractivity contribution in [3.8, 4) is 16.9 Å². The van der Waals surface area contributed by atoms with Crippen LogP contribution in [0.2, 0.25) is 0 Å². The van der Waals surface area contributed by atoms with Crippen LogP contribution in [0, 0.1) is 41.0 Å². The Hall–Kier alpha value is -2.56.